The van der Waals surface area contributed by atoms with Crippen LogP contribution in [0.1, 0.15) is 29.4 Å². The molecule has 140 valence electrons. The van der Waals surface area contributed by atoms with E-state index in [1.54, 1.807) is 6.92 Å². The maximum atomic E-state index is 11.8. The topological polar surface area (TPSA) is 57.0 Å². The summed E-state index contributed by atoms with van der Waals surface area (Å²) in [4.78, 5) is 11.8. The van der Waals surface area contributed by atoms with E-state index in [1.807, 2.05) is 22.8 Å². The fourth-order valence-corrected chi connectivity index (χ4v) is 3.51. The van der Waals surface area contributed by atoms with Crippen molar-refractivity contribution >= 4 is 17.7 Å². The summed E-state index contributed by atoms with van der Waals surface area (Å²) in [6, 6.07) is 16.5. The average Bonchev–Trinajstić information content (AvgIpc) is 3.06. The molecule has 0 saturated heterocycles. The third kappa shape index (κ3) is 4.77. The molecule has 2 aromatic carbocycles. The highest BCUT2D eigenvalue weighted by Gasteiger charge is 2.17. The van der Waals surface area contributed by atoms with Crippen LogP contribution in [-0.2, 0) is 16.0 Å². The number of benzene rings is 2. The highest BCUT2D eigenvalue weighted by atomic mass is 32.2. The van der Waals surface area contributed by atoms with Crippen molar-refractivity contribution < 1.29 is 9.53 Å². The number of esters is 1. The normalized spacial score (nSPS) is 10.8. The van der Waals surface area contributed by atoms with E-state index in [2.05, 4.69) is 54.4 Å². The molecule has 27 heavy (non-hydrogen) atoms. The number of nitrogens with zero attached hydrogens (tertiary/aromatic N) is 3. The van der Waals surface area contributed by atoms with E-state index in [4.69, 9.17) is 4.74 Å². The summed E-state index contributed by atoms with van der Waals surface area (Å²) in [5.74, 6) is 0.805. The lowest BCUT2D eigenvalue weighted by molar-refractivity contribution is -0.139. The zero-order chi connectivity index (χ0) is 19.2. The third-order valence-electron chi connectivity index (χ3n) is 4.28. The molecule has 1 heterocycles. The average molecular weight is 382 g/mol. The van der Waals surface area contributed by atoms with E-state index in [0.29, 0.717) is 18.2 Å². The minimum Gasteiger partial charge on any atom is -0.465 e. The first-order valence-corrected chi connectivity index (χ1v) is 9.91. The smallest absolute Gasteiger partial charge is 0.316 e. The van der Waals surface area contributed by atoms with Crippen molar-refractivity contribution in [3.05, 3.63) is 71.0 Å². The Labute approximate surface area is 163 Å². The van der Waals surface area contributed by atoms with Gasteiger partial charge in [-0.25, -0.2) is 0 Å². The van der Waals surface area contributed by atoms with Crippen LogP contribution >= 0.6 is 11.8 Å². The molecule has 0 spiro atoms. The molecular weight excluding hydrogens is 358 g/mol. The van der Waals surface area contributed by atoms with Crippen molar-refractivity contribution in [1.82, 2.24) is 14.8 Å². The lowest BCUT2D eigenvalue weighted by Crippen LogP contribution is -2.09. The maximum Gasteiger partial charge on any atom is 0.316 e. The zero-order valence-corrected chi connectivity index (χ0v) is 16.6. The van der Waals surface area contributed by atoms with Gasteiger partial charge in [0, 0.05) is 12.1 Å². The van der Waals surface area contributed by atoms with E-state index in [1.165, 1.54) is 22.9 Å². The van der Waals surface area contributed by atoms with Gasteiger partial charge in [0.15, 0.2) is 5.16 Å². The maximum absolute atomic E-state index is 11.8. The number of aromatic nitrogens is 3. The first kappa shape index (κ1) is 19.2. The summed E-state index contributed by atoms with van der Waals surface area (Å²) >= 11 is 1.35. The van der Waals surface area contributed by atoms with Crippen LogP contribution < -0.4 is 0 Å². The Morgan fingerprint density at radius 2 is 1.85 bits per heavy atom. The third-order valence-corrected chi connectivity index (χ3v) is 5.18. The highest BCUT2D eigenvalue weighted by Crippen LogP contribution is 2.25. The highest BCUT2D eigenvalue weighted by molar-refractivity contribution is 7.99. The molecule has 0 amide bonds. The van der Waals surface area contributed by atoms with Gasteiger partial charge in [-0.05, 0) is 49.6 Å². The van der Waals surface area contributed by atoms with Crippen LogP contribution in [0.15, 0.2) is 53.7 Å². The van der Waals surface area contributed by atoms with E-state index >= 15 is 0 Å². The minimum absolute atomic E-state index is 0.210. The Morgan fingerprint density at radius 3 is 2.56 bits per heavy atom. The zero-order valence-electron chi connectivity index (χ0n) is 15.8. The van der Waals surface area contributed by atoms with Gasteiger partial charge in [-0.15, -0.1) is 10.2 Å². The van der Waals surface area contributed by atoms with Crippen molar-refractivity contribution in [1.29, 1.82) is 0 Å². The molecule has 0 aliphatic heterocycles. The summed E-state index contributed by atoms with van der Waals surface area (Å²) in [6.07, 6.45) is 0.667. The number of carbonyl (C=O) groups excluding carboxylic acids is 1. The molecule has 0 saturated carbocycles. The molecule has 0 aliphatic rings. The van der Waals surface area contributed by atoms with E-state index in [9.17, 15) is 4.79 Å². The molecule has 0 bridgehead atoms. The van der Waals surface area contributed by atoms with Crippen molar-refractivity contribution in [3.63, 3.8) is 0 Å². The SMILES string of the molecule is CCOC(=O)CSc1nnc(Cc2ccccc2)n1-c1ccc(C)c(C)c1. The van der Waals surface area contributed by atoms with Gasteiger partial charge in [-0.1, -0.05) is 48.2 Å². The molecule has 6 heteroatoms. The largest absolute Gasteiger partial charge is 0.465 e. The van der Waals surface area contributed by atoms with Crippen molar-refractivity contribution in [3.8, 4) is 5.69 Å². The fraction of sp³-hybridized carbons (Fsp3) is 0.286. The van der Waals surface area contributed by atoms with Crippen molar-refractivity contribution in [2.75, 3.05) is 12.4 Å². The van der Waals surface area contributed by atoms with Crippen molar-refractivity contribution in [2.45, 2.75) is 32.3 Å². The Kier molecular flexibility index (Phi) is 6.29. The first-order valence-electron chi connectivity index (χ1n) is 8.92. The van der Waals surface area contributed by atoms with Crippen LogP contribution in [-0.4, -0.2) is 33.1 Å². The van der Waals surface area contributed by atoms with Gasteiger partial charge in [-0.2, -0.15) is 0 Å². The predicted molar refractivity (Wildman–Crippen MR) is 107 cm³/mol. The standard InChI is InChI=1S/C21H23N3O2S/c1-4-26-20(25)14-27-21-23-22-19(13-17-8-6-5-7-9-17)24(21)18-11-10-15(2)16(3)12-18/h5-12H,4,13-14H2,1-3H3. The van der Waals surface area contributed by atoms with Gasteiger partial charge in [0.25, 0.3) is 0 Å². The van der Waals surface area contributed by atoms with Gasteiger partial charge in [-0.3, -0.25) is 9.36 Å². The number of rotatable bonds is 7. The number of aryl methyl sites for hydroxylation is 2. The van der Waals surface area contributed by atoms with Gasteiger partial charge in [0.05, 0.1) is 12.4 Å². The fourth-order valence-electron chi connectivity index (χ4n) is 2.74. The van der Waals surface area contributed by atoms with Gasteiger partial charge in [0.1, 0.15) is 5.82 Å². The van der Waals surface area contributed by atoms with Crippen LogP contribution in [0, 0.1) is 13.8 Å². The molecule has 0 aliphatic carbocycles. The molecule has 0 N–H and O–H groups in total. The number of hydrogen-bond acceptors (Lipinski definition) is 5. The second kappa shape index (κ2) is 8.86. The number of ether oxygens (including phenoxy) is 1. The summed E-state index contributed by atoms with van der Waals surface area (Å²) in [5.41, 5.74) is 4.60. The molecule has 5 nitrogen and oxygen atoms in total. The molecule has 0 atom stereocenters. The second-order valence-electron chi connectivity index (χ2n) is 6.26. The molecule has 1 aromatic heterocycles. The Bertz CT molecular complexity index is 922. The lowest BCUT2D eigenvalue weighted by atomic mass is 10.1. The van der Waals surface area contributed by atoms with Crippen LogP contribution in [0.5, 0.6) is 0 Å². The molecule has 0 fully saturated rings. The number of hydrogen-bond donors (Lipinski definition) is 0. The van der Waals surface area contributed by atoms with Gasteiger partial charge < -0.3 is 4.74 Å². The minimum atomic E-state index is -0.248. The van der Waals surface area contributed by atoms with Crippen LogP contribution in [0.3, 0.4) is 0 Å². The van der Waals surface area contributed by atoms with Gasteiger partial charge >= 0.3 is 5.97 Å². The monoisotopic (exact) mass is 381 g/mol. The number of carbonyl (C=O) groups is 1. The Balaban J connectivity index is 1.95. The summed E-state index contributed by atoms with van der Waals surface area (Å²) in [5, 5.41) is 9.44. The Morgan fingerprint density at radius 1 is 1.07 bits per heavy atom. The molecule has 3 rings (SSSR count). The summed E-state index contributed by atoms with van der Waals surface area (Å²) in [7, 11) is 0. The van der Waals surface area contributed by atoms with Crippen molar-refractivity contribution in [2.24, 2.45) is 0 Å². The van der Waals surface area contributed by atoms with E-state index in [0.717, 1.165) is 17.1 Å². The molecule has 0 unspecified atom stereocenters. The van der Waals surface area contributed by atoms with Crippen LogP contribution in [0.4, 0.5) is 0 Å². The molecular formula is C21H23N3O2S. The Hall–Kier alpha value is -2.60. The molecule has 3 aromatic rings. The number of thioether (sulfide) groups is 1. The van der Waals surface area contributed by atoms with Crippen LogP contribution in [0.2, 0.25) is 0 Å². The summed E-state index contributed by atoms with van der Waals surface area (Å²) in [6.45, 7) is 6.36. The van der Waals surface area contributed by atoms with Crippen LogP contribution in [0.25, 0.3) is 5.69 Å². The quantitative estimate of drug-likeness (QED) is 0.455. The van der Waals surface area contributed by atoms with Gasteiger partial charge in [0.2, 0.25) is 0 Å². The predicted octanol–water partition coefficient (Wildman–Crippen LogP) is 4.13. The van der Waals surface area contributed by atoms with E-state index in [-0.39, 0.29) is 11.7 Å². The summed E-state index contributed by atoms with van der Waals surface area (Å²) < 4.78 is 7.06. The lowest BCUT2D eigenvalue weighted by Gasteiger charge is -2.12. The first-order chi connectivity index (χ1) is 13.1. The second-order valence-corrected chi connectivity index (χ2v) is 7.20. The molecule has 0 radical (unpaired) electrons. The van der Waals surface area contributed by atoms with E-state index < -0.39 is 0 Å².